The zero-order valence-electron chi connectivity index (χ0n) is 14.0. The molecule has 0 saturated carbocycles. The first kappa shape index (κ1) is 17.0. The van der Waals surface area contributed by atoms with Crippen molar-refractivity contribution in [1.82, 2.24) is 0 Å². The predicted molar refractivity (Wildman–Crippen MR) is 104 cm³/mol. The van der Waals surface area contributed by atoms with Gasteiger partial charge < -0.3 is 14.4 Å². The summed E-state index contributed by atoms with van der Waals surface area (Å²) in [5.74, 6) is -0.107. The molecule has 0 N–H and O–H groups in total. The molecule has 0 aliphatic carbocycles. The Labute approximate surface area is 160 Å². The highest BCUT2D eigenvalue weighted by Gasteiger charge is 2.24. The maximum Gasteiger partial charge on any atom is 0.363 e. The van der Waals surface area contributed by atoms with Crippen LogP contribution in [-0.4, -0.2) is 38.2 Å². The lowest BCUT2D eigenvalue weighted by Gasteiger charge is -2.28. The summed E-state index contributed by atoms with van der Waals surface area (Å²) in [4.78, 5) is 18.8. The van der Waals surface area contributed by atoms with Gasteiger partial charge in [0.2, 0.25) is 5.90 Å². The lowest BCUT2D eigenvalue weighted by molar-refractivity contribution is -0.129. The zero-order chi connectivity index (χ0) is 17.9. The monoisotopic (exact) mass is 412 g/mol. The van der Waals surface area contributed by atoms with Gasteiger partial charge in [-0.3, -0.25) is 0 Å². The number of carbonyl (C=O) groups is 1. The van der Waals surface area contributed by atoms with E-state index in [1.54, 1.807) is 6.08 Å². The first-order chi connectivity index (χ1) is 12.7. The first-order valence-corrected chi connectivity index (χ1v) is 9.20. The molecule has 2 aromatic rings. The largest absolute Gasteiger partial charge is 0.402 e. The van der Waals surface area contributed by atoms with E-state index in [0.717, 1.165) is 47.6 Å². The van der Waals surface area contributed by atoms with Crippen LogP contribution >= 0.6 is 15.9 Å². The topological polar surface area (TPSA) is 51.1 Å². The summed E-state index contributed by atoms with van der Waals surface area (Å²) in [6.07, 6.45) is 1.75. The average molecular weight is 413 g/mol. The van der Waals surface area contributed by atoms with Gasteiger partial charge in [-0.05, 0) is 42.0 Å². The molecule has 132 valence electrons. The number of aliphatic imine (C=N–C) groups is 1. The summed E-state index contributed by atoms with van der Waals surface area (Å²) in [5, 5.41) is 0. The highest BCUT2D eigenvalue weighted by atomic mass is 79.9. The molecule has 2 heterocycles. The molecule has 0 spiro atoms. The molecule has 4 rings (SSSR count). The number of carbonyl (C=O) groups excluding carboxylic acids is 1. The van der Waals surface area contributed by atoms with E-state index in [4.69, 9.17) is 9.47 Å². The summed E-state index contributed by atoms with van der Waals surface area (Å²) in [7, 11) is 0. The Hall–Kier alpha value is -2.44. The van der Waals surface area contributed by atoms with Crippen molar-refractivity contribution in [2.24, 2.45) is 4.99 Å². The molecule has 1 saturated heterocycles. The number of benzene rings is 2. The molecule has 2 aliphatic heterocycles. The second kappa shape index (κ2) is 7.43. The SMILES string of the molecule is O=C1OC(c2cccc(Br)c2)=N/C1=C\c1ccc(N2CCOCC2)cc1. The molecule has 1 fully saturated rings. The van der Waals surface area contributed by atoms with Crippen LogP contribution in [0.1, 0.15) is 11.1 Å². The highest BCUT2D eigenvalue weighted by molar-refractivity contribution is 9.10. The normalized spacial score (nSPS) is 18.8. The lowest BCUT2D eigenvalue weighted by atomic mass is 10.1. The molecule has 2 aliphatic rings. The summed E-state index contributed by atoms with van der Waals surface area (Å²) in [6.45, 7) is 3.30. The van der Waals surface area contributed by atoms with Gasteiger partial charge in [-0.2, -0.15) is 0 Å². The Morgan fingerprint density at radius 1 is 1.08 bits per heavy atom. The van der Waals surface area contributed by atoms with E-state index in [9.17, 15) is 4.79 Å². The summed E-state index contributed by atoms with van der Waals surface area (Å²) in [5.41, 5.74) is 3.13. The fourth-order valence-electron chi connectivity index (χ4n) is 2.91. The Balaban J connectivity index is 1.54. The number of rotatable bonds is 3. The number of esters is 1. The number of hydrogen-bond acceptors (Lipinski definition) is 5. The summed E-state index contributed by atoms with van der Waals surface area (Å²) in [6, 6.07) is 15.6. The Morgan fingerprint density at radius 3 is 2.58 bits per heavy atom. The van der Waals surface area contributed by atoms with Gasteiger partial charge in [0.05, 0.1) is 13.2 Å². The van der Waals surface area contributed by atoms with Crippen molar-refractivity contribution in [3.05, 3.63) is 69.8 Å². The van der Waals surface area contributed by atoms with Gasteiger partial charge in [-0.25, -0.2) is 9.79 Å². The molecular formula is C20H17BrN2O3. The second-order valence-corrected chi connectivity index (χ2v) is 6.95. The minimum Gasteiger partial charge on any atom is -0.402 e. The van der Waals surface area contributed by atoms with Crippen LogP contribution in [0.15, 0.2) is 63.7 Å². The molecule has 0 atom stereocenters. The van der Waals surface area contributed by atoms with Gasteiger partial charge in [0.1, 0.15) is 0 Å². The third kappa shape index (κ3) is 3.71. The molecule has 2 aromatic carbocycles. The number of anilines is 1. The maximum atomic E-state index is 12.1. The zero-order valence-corrected chi connectivity index (χ0v) is 15.6. The summed E-state index contributed by atoms with van der Waals surface area (Å²) >= 11 is 3.41. The number of morpholine rings is 1. The maximum absolute atomic E-state index is 12.1. The number of nitrogens with zero attached hydrogens (tertiary/aromatic N) is 2. The van der Waals surface area contributed by atoms with E-state index in [2.05, 4.69) is 38.0 Å². The van der Waals surface area contributed by atoms with E-state index in [-0.39, 0.29) is 0 Å². The van der Waals surface area contributed by atoms with Crippen molar-refractivity contribution < 1.29 is 14.3 Å². The van der Waals surface area contributed by atoms with Gasteiger partial charge in [0.25, 0.3) is 0 Å². The van der Waals surface area contributed by atoms with Crippen LogP contribution in [0.3, 0.4) is 0 Å². The van der Waals surface area contributed by atoms with Crippen LogP contribution in [0, 0.1) is 0 Å². The predicted octanol–water partition coefficient (Wildman–Crippen LogP) is 3.63. The van der Waals surface area contributed by atoms with Crippen LogP contribution in [-0.2, 0) is 14.3 Å². The molecule has 26 heavy (non-hydrogen) atoms. The van der Waals surface area contributed by atoms with Crippen molar-refractivity contribution >= 4 is 39.6 Å². The Kier molecular flexibility index (Phi) is 4.86. The van der Waals surface area contributed by atoms with E-state index < -0.39 is 5.97 Å². The molecule has 6 heteroatoms. The number of cyclic esters (lactones) is 1. The molecule has 0 amide bonds. The number of halogens is 1. The number of ether oxygens (including phenoxy) is 2. The van der Waals surface area contributed by atoms with Crippen LogP contribution in [0.5, 0.6) is 0 Å². The third-order valence-electron chi connectivity index (χ3n) is 4.26. The lowest BCUT2D eigenvalue weighted by Crippen LogP contribution is -2.36. The van der Waals surface area contributed by atoms with Crippen LogP contribution in [0.4, 0.5) is 5.69 Å². The number of hydrogen-bond donors (Lipinski definition) is 0. The Bertz CT molecular complexity index is 884. The molecule has 0 aromatic heterocycles. The van der Waals surface area contributed by atoms with Crippen molar-refractivity contribution in [3.63, 3.8) is 0 Å². The van der Waals surface area contributed by atoms with E-state index in [1.807, 2.05) is 36.4 Å². The Morgan fingerprint density at radius 2 is 1.85 bits per heavy atom. The minimum absolute atomic E-state index is 0.305. The quantitative estimate of drug-likeness (QED) is 0.570. The fourth-order valence-corrected chi connectivity index (χ4v) is 3.31. The van der Waals surface area contributed by atoms with Crippen LogP contribution in [0.25, 0.3) is 6.08 Å². The standard InChI is InChI=1S/C20H17BrN2O3/c21-16-3-1-2-15(13-16)19-22-18(20(24)26-19)12-14-4-6-17(7-5-14)23-8-10-25-11-9-23/h1-7,12-13H,8-11H2/b18-12-. The molecule has 0 radical (unpaired) electrons. The summed E-state index contributed by atoms with van der Waals surface area (Å²) < 4.78 is 11.6. The van der Waals surface area contributed by atoms with Crippen molar-refractivity contribution in [3.8, 4) is 0 Å². The van der Waals surface area contributed by atoms with Crippen LogP contribution < -0.4 is 4.90 Å². The second-order valence-electron chi connectivity index (χ2n) is 6.04. The van der Waals surface area contributed by atoms with Gasteiger partial charge in [-0.1, -0.05) is 34.1 Å². The van der Waals surface area contributed by atoms with Crippen molar-refractivity contribution in [2.45, 2.75) is 0 Å². The smallest absolute Gasteiger partial charge is 0.363 e. The average Bonchev–Trinajstić information content (AvgIpc) is 3.04. The minimum atomic E-state index is -0.433. The van der Waals surface area contributed by atoms with Gasteiger partial charge in [0, 0.05) is 28.8 Å². The molecule has 5 nitrogen and oxygen atoms in total. The van der Waals surface area contributed by atoms with E-state index in [0.29, 0.717) is 11.6 Å². The highest BCUT2D eigenvalue weighted by Crippen LogP contribution is 2.22. The van der Waals surface area contributed by atoms with Gasteiger partial charge in [-0.15, -0.1) is 0 Å². The van der Waals surface area contributed by atoms with E-state index in [1.165, 1.54) is 0 Å². The van der Waals surface area contributed by atoms with Crippen molar-refractivity contribution in [2.75, 3.05) is 31.2 Å². The molecule has 0 unspecified atom stereocenters. The van der Waals surface area contributed by atoms with Gasteiger partial charge in [0.15, 0.2) is 5.70 Å². The van der Waals surface area contributed by atoms with E-state index >= 15 is 0 Å². The van der Waals surface area contributed by atoms with Crippen molar-refractivity contribution in [1.29, 1.82) is 0 Å². The fraction of sp³-hybridized carbons (Fsp3) is 0.200. The third-order valence-corrected chi connectivity index (χ3v) is 4.76. The molecule has 0 bridgehead atoms. The first-order valence-electron chi connectivity index (χ1n) is 8.40. The van der Waals surface area contributed by atoms with Crippen LogP contribution in [0.2, 0.25) is 0 Å². The van der Waals surface area contributed by atoms with Gasteiger partial charge >= 0.3 is 5.97 Å². The molecular weight excluding hydrogens is 396 g/mol.